The molecule has 2 N–H and O–H groups in total. The van der Waals surface area contributed by atoms with Gasteiger partial charge in [-0.3, -0.25) is 4.79 Å². The van der Waals surface area contributed by atoms with Crippen molar-refractivity contribution in [1.29, 1.82) is 0 Å². The Labute approximate surface area is 117 Å². The Morgan fingerprint density at radius 2 is 2.11 bits per heavy atom. The van der Waals surface area contributed by atoms with Gasteiger partial charge >= 0.3 is 0 Å². The molecule has 0 saturated carbocycles. The van der Waals surface area contributed by atoms with Crippen LogP contribution in [0.15, 0.2) is 28.7 Å². The van der Waals surface area contributed by atoms with Gasteiger partial charge < -0.3 is 10.6 Å². The first-order chi connectivity index (χ1) is 8.63. The topological polar surface area (TPSA) is 41.1 Å². The molecule has 0 aromatic heterocycles. The minimum atomic E-state index is 0.129. The van der Waals surface area contributed by atoms with Crippen molar-refractivity contribution in [2.75, 3.05) is 13.6 Å². The largest absolute Gasteiger partial charge is 0.353 e. The number of benzene rings is 1. The van der Waals surface area contributed by atoms with Crippen LogP contribution in [0.1, 0.15) is 25.3 Å². The van der Waals surface area contributed by atoms with Crippen molar-refractivity contribution in [2.24, 2.45) is 0 Å². The van der Waals surface area contributed by atoms with Crippen LogP contribution in [0.2, 0.25) is 0 Å². The van der Waals surface area contributed by atoms with Gasteiger partial charge in [0.15, 0.2) is 0 Å². The summed E-state index contributed by atoms with van der Waals surface area (Å²) in [6.07, 6.45) is 2.31. The summed E-state index contributed by atoms with van der Waals surface area (Å²) in [6.45, 7) is 2.92. The number of hydrogen-bond acceptors (Lipinski definition) is 2. The van der Waals surface area contributed by atoms with Crippen LogP contribution >= 0.6 is 15.9 Å². The fourth-order valence-electron chi connectivity index (χ4n) is 1.82. The predicted octanol–water partition coefficient (Wildman–Crippen LogP) is 2.50. The zero-order valence-electron chi connectivity index (χ0n) is 11.0. The number of carbonyl (C=O) groups excluding carboxylic acids is 1. The average Bonchev–Trinajstić information content (AvgIpc) is 2.32. The lowest BCUT2D eigenvalue weighted by molar-refractivity contribution is -0.121. The fraction of sp³-hybridized carbons (Fsp3) is 0.500. The molecule has 0 saturated heterocycles. The third kappa shape index (κ3) is 5.65. The summed E-state index contributed by atoms with van der Waals surface area (Å²) in [5, 5.41) is 6.06. The van der Waals surface area contributed by atoms with Crippen molar-refractivity contribution < 1.29 is 4.79 Å². The Balaban J connectivity index is 2.35. The van der Waals surface area contributed by atoms with E-state index in [0.29, 0.717) is 6.42 Å². The first-order valence-electron chi connectivity index (χ1n) is 6.31. The highest BCUT2D eigenvalue weighted by molar-refractivity contribution is 9.10. The van der Waals surface area contributed by atoms with Gasteiger partial charge in [-0.15, -0.1) is 0 Å². The molecular weight excluding hydrogens is 292 g/mol. The van der Waals surface area contributed by atoms with Crippen LogP contribution in [0, 0.1) is 0 Å². The van der Waals surface area contributed by atoms with E-state index in [0.717, 1.165) is 23.9 Å². The van der Waals surface area contributed by atoms with Crippen LogP contribution in [0.3, 0.4) is 0 Å². The van der Waals surface area contributed by atoms with E-state index in [1.807, 2.05) is 32.2 Å². The number of amides is 1. The van der Waals surface area contributed by atoms with Gasteiger partial charge in [-0.1, -0.05) is 34.1 Å². The Kier molecular flexibility index (Phi) is 6.98. The maximum atomic E-state index is 11.7. The molecule has 1 rings (SSSR count). The molecule has 0 bridgehead atoms. The van der Waals surface area contributed by atoms with Crippen LogP contribution in [-0.4, -0.2) is 25.5 Å². The fourth-order valence-corrected chi connectivity index (χ4v) is 2.26. The van der Waals surface area contributed by atoms with E-state index in [9.17, 15) is 4.79 Å². The quantitative estimate of drug-likeness (QED) is 0.760. The number of nitrogens with one attached hydrogen (secondary N) is 2. The molecule has 3 nitrogen and oxygen atoms in total. The standard InChI is InChI=1S/C14H21BrN2O/c1-11(17-14(18)8-5-9-16-2)10-12-6-3-4-7-13(12)15/h3-4,6-7,11,16H,5,8-10H2,1-2H3,(H,17,18). The molecule has 0 heterocycles. The van der Waals surface area contributed by atoms with Crippen molar-refractivity contribution in [3.05, 3.63) is 34.3 Å². The normalized spacial score (nSPS) is 12.2. The predicted molar refractivity (Wildman–Crippen MR) is 78.6 cm³/mol. The summed E-state index contributed by atoms with van der Waals surface area (Å²) < 4.78 is 1.10. The highest BCUT2D eigenvalue weighted by atomic mass is 79.9. The van der Waals surface area contributed by atoms with Gasteiger partial charge in [0.2, 0.25) is 5.91 Å². The Morgan fingerprint density at radius 1 is 1.39 bits per heavy atom. The Bertz CT molecular complexity index is 382. The second kappa shape index (κ2) is 8.27. The molecule has 1 unspecified atom stereocenters. The molecule has 0 aliphatic rings. The van der Waals surface area contributed by atoms with Crippen molar-refractivity contribution in [3.8, 4) is 0 Å². The molecule has 18 heavy (non-hydrogen) atoms. The molecule has 0 spiro atoms. The van der Waals surface area contributed by atoms with Crippen LogP contribution in [-0.2, 0) is 11.2 Å². The van der Waals surface area contributed by atoms with Gasteiger partial charge in [0.1, 0.15) is 0 Å². The minimum Gasteiger partial charge on any atom is -0.353 e. The smallest absolute Gasteiger partial charge is 0.220 e. The summed E-state index contributed by atoms with van der Waals surface area (Å²) in [7, 11) is 1.90. The summed E-state index contributed by atoms with van der Waals surface area (Å²) >= 11 is 3.52. The third-order valence-corrected chi connectivity index (χ3v) is 3.50. The number of halogens is 1. The molecule has 1 atom stereocenters. The molecule has 1 aromatic carbocycles. The minimum absolute atomic E-state index is 0.129. The van der Waals surface area contributed by atoms with E-state index in [1.54, 1.807) is 0 Å². The van der Waals surface area contributed by atoms with Gasteiger partial charge in [0, 0.05) is 16.9 Å². The van der Waals surface area contributed by atoms with Crippen LogP contribution in [0.25, 0.3) is 0 Å². The average molecular weight is 313 g/mol. The highest BCUT2D eigenvalue weighted by Gasteiger charge is 2.09. The molecule has 0 aliphatic carbocycles. The first-order valence-corrected chi connectivity index (χ1v) is 7.10. The Morgan fingerprint density at radius 3 is 2.78 bits per heavy atom. The highest BCUT2D eigenvalue weighted by Crippen LogP contribution is 2.17. The van der Waals surface area contributed by atoms with E-state index < -0.39 is 0 Å². The van der Waals surface area contributed by atoms with E-state index in [4.69, 9.17) is 0 Å². The molecule has 1 aromatic rings. The van der Waals surface area contributed by atoms with Gasteiger partial charge in [0.25, 0.3) is 0 Å². The molecule has 1 amide bonds. The lowest BCUT2D eigenvalue weighted by atomic mass is 10.1. The molecule has 0 radical (unpaired) electrons. The van der Waals surface area contributed by atoms with Gasteiger partial charge in [-0.25, -0.2) is 0 Å². The summed E-state index contributed by atoms with van der Waals surface area (Å²) in [6, 6.07) is 8.27. The van der Waals surface area contributed by atoms with Crippen LogP contribution in [0.4, 0.5) is 0 Å². The second-order valence-electron chi connectivity index (χ2n) is 4.47. The first kappa shape index (κ1) is 15.2. The van der Waals surface area contributed by atoms with Gasteiger partial charge in [0.05, 0.1) is 0 Å². The molecular formula is C14H21BrN2O. The maximum Gasteiger partial charge on any atom is 0.220 e. The SMILES string of the molecule is CNCCCC(=O)NC(C)Cc1ccccc1Br. The summed E-state index contributed by atoms with van der Waals surface area (Å²) in [5.41, 5.74) is 1.22. The lowest BCUT2D eigenvalue weighted by Crippen LogP contribution is -2.34. The van der Waals surface area contributed by atoms with E-state index in [2.05, 4.69) is 32.6 Å². The third-order valence-electron chi connectivity index (χ3n) is 2.72. The number of carbonyl (C=O) groups is 1. The Hall–Kier alpha value is -0.870. The lowest BCUT2D eigenvalue weighted by Gasteiger charge is -2.15. The summed E-state index contributed by atoms with van der Waals surface area (Å²) in [5.74, 6) is 0.129. The molecule has 0 aliphatic heterocycles. The van der Waals surface area contributed by atoms with E-state index in [-0.39, 0.29) is 11.9 Å². The molecule has 100 valence electrons. The van der Waals surface area contributed by atoms with Crippen LogP contribution in [0.5, 0.6) is 0 Å². The van der Waals surface area contributed by atoms with Gasteiger partial charge in [-0.05, 0) is 45.0 Å². The molecule has 4 heteroatoms. The number of hydrogen-bond donors (Lipinski definition) is 2. The maximum absolute atomic E-state index is 11.7. The summed E-state index contributed by atoms with van der Waals surface area (Å²) in [4.78, 5) is 11.7. The van der Waals surface area contributed by atoms with Crippen LogP contribution < -0.4 is 10.6 Å². The van der Waals surface area contributed by atoms with Crippen molar-refractivity contribution in [2.45, 2.75) is 32.2 Å². The zero-order valence-corrected chi connectivity index (χ0v) is 12.6. The van der Waals surface area contributed by atoms with Gasteiger partial charge in [-0.2, -0.15) is 0 Å². The van der Waals surface area contributed by atoms with E-state index >= 15 is 0 Å². The molecule has 0 fully saturated rings. The number of rotatable bonds is 7. The van der Waals surface area contributed by atoms with Crippen molar-refractivity contribution in [3.63, 3.8) is 0 Å². The van der Waals surface area contributed by atoms with Crippen molar-refractivity contribution in [1.82, 2.24) is 10.6 Å². The second-order valence-corrected chi connectivity index (χ2v) is 5.33. The van der Waals surface area contributed by atoms with Crippen molar-refractivity contribution >= 4 is 21.8 Å². The monoisotopic (exact) mass is 312 g/mol. The van der Waals surface area contributed by atoms with E-state index in [1.165, 1.54) is 5.56 Å². The zero-order chi connectivity index (χ0) is 13.4.